The van der Waals surface area contributed by atoms with Gasteiger partial charge in [-0.15, -0.1) is 0 Å². The largest absolute Gasteiger partial charge is 0.456 e. The van der Waals surface area contributed by atoms with Crippen molar-refractivity contribution < 1.29 is 27.5 Å². The van der Waals surface area contributed by atoms with Crippen LogP contribution in [-0.2, 0) is 15.2 Å². The normalized spacial score (nSPS) is 19.1. The Morgan fingerprint density at radius 2 is 1.84 bits per heavy atom. The van der Waals surface area contributed by atoms with Crippen molar-refractivity contribution in [2.45, 2.75) is 45.1 Å². The monoisotopic (exact) mass is 517 g/mol. The van der Waals surface area contributed by atoms with Crippen LogP contribution in [0.2, 0.25) is 5.02 Å². The van der Waals surface area contributed by atoms with Crippen LogP contribution in [0.4, 0.5) is 13.2 Å². The average Bonchev–Trinajstić information content (AvgIpc) is 3.06. The van der Waals surface area contributed by atoms with E-state index < -0.39 is 23.3 Å². The van der Waals surface area contributed by atoms with Crippen molar-refractivity contribution in [2.75, 3.05) is 0 Å². The molecule has 1 aliphatic rings. The van der Waals surface area contributed by atoms with E-state index in [0.717, 1.165) is 6.08 Å². The Labute approximate surface area is 191 Å². The van der Waals surface area contributed by atoms with Gasteiger partial charge in [-0.25, -0.2) is 4.79 Å². The summed E-state index contributed by atoms with van der Waals surface area (Å²) < 4.78 is 48.2. The van der Waals surface area contributed by atoms with E-state index >= 15 is 0 Å². The summed E-state index contributed by atoms with van der Waals surface area (Å²) in [6, 6.07) is 8.65. The van der Waals surface area contributed by atoms with E-state index in [1.165, 1.54) is 30.3 Å². The van der Waals surface area contributed by atoms with E-state index in [1.54, 1.807) is 33.8 Å². The van der Waals surface area contributed by atoms with Crippen LogP contribution >= 0.6 is 27.5 Å². The third kappa shape index (κ3) is 4.91. The maximum Gasteiger partial charge on any atom is 0.428 e. The minimum absolute atomic E-state index is 0.118. The molecule has 1 heterocycles. The molecule has 31 heavy (non-hydrogen) atoms. The van der Waals surface area contributed by atoms with Gasteiger partial charge in [0.2, 0.25) is 5.60 Å². The van der Waals surface area contributed by atoms with Gasteiger partial charge in [-0.05, 0) is 75.2 Å². The predicted octanol–water partition coefficient (Wildman–Crippen LogP) is 6.70. The number of benzene rings is 2. The van der Waals surface area contributed by atoms with Crippen molar-refractivity contribution in [2.24, 2.45) is 0 Å². The number of aryl methyl sites for hydroxylation is 1. The molecule has 0 fully saturated rings. The van der Waals surface area contributed by atoms with Gasteiger partial charge in [-0.3, -0.25) is 10.3 Å². The Kier molecular flexibility index (Phi) is 6.21. The lowest BCUT2D eigenvalue weighted by Crippen LogP contribution is -2.42. The SMILES string of the molecule is Cc1cc(C2=CC(c3cc(Cl)cc(Br)c3)(C(F)(F)F)ON2)ccc1C(=O)OC(C)(C)C. The maximum atomic E-state index is 14.1. The van der Waals surface area contributed by atoms with Crippen molar-refractivity contribution in [3.63, 3.8) is 0 Å². The molecule has 0 amide bonds. The lowest BCUT2D eigenvalue weighted by Gasteiger charge is -2.28. The molecule has 2 aromatic rings. The van der Waals surface area contributed by atoms with Crippen molar-refractivity contribution in [3.05, 3.63) is 74.2 Å². The molecule has 2 aromatic carbocycles. The topological polar surface area (TPSA) is 47.6 Å². The quantitative estimate of drug-likeness (QED) is 0.459. The second-order valence-corrected chi connectivity index (χ2v) is 9.54. The first-order valence-electron chi connectivity index (χ1n) is 9.26. The van der Waals surface area contributed by atoms with E-state index in [9.17, 15) is 18.0 Å². The van der Waals surface area contributed by atoms with Gasteiger partial charge < -0.3 is 4.74 Å². The van der Waals surface area contributed by atoms with Crippen LogP contribution in [0.1, 0.15) is 47.8 Å². The summed E-state index contributed by atoms with van der Waals surface area (Å²) >= 11 is 9.14. The molecule has 0 aromatic heterocycles. The van der Waals surface area contributed by atoms with Gasteiger partial charge >= 0.3 is 12.1 Å². The fourth-order valence-corrected chi connectivity index (χ4v) is 4.01. The van der Waals surface area contributed by atoms with Crippen LogP contribution in [0.25, 0.3) is 5.70 Å². The van der Waals surface area contributed by atoms with Crippen LogP contribution in [0.3, 0.4) is 0 Å². The lowest BCUT2D eigenvalue weighted by atomic mass is 9.91. The van der Waals surface area contributed by atoms with Crippen molar-refractivity contribution in [1.29, 1.82) is 0 Å². The minimum Gasteiger partial charge on any atom is -0.456 e. The molecule has 1 atom stereocenters. The zero-order chi connectivity index (χ0) is 23.2. The zero-order valence-corrected chi connectivity index (χ0v) is 19.5. The third-order valence-corrected chi connectivity index (χ3v) is 5.21. The molecule has 3 rings (SSSR count). The molecule has 1 aliphatic heterocycles. The first-order chi connectivity index (χ1) is 14.2. The van der Waals surface area contributed by atoms with Crippen LogP contribution in [0.5, 0.6) is 0 Å². The van der Waals surface area contributed by atoms with Gasteiger partial charge in [0, 0.05) is 15.1 Å². The van der Waals surface area contributed by atoms with Gasteiger partial charge in [-0.2, -0.15) is 13.2 Å². The summed E-state index contributed by atoms with van der Waals surface area (Å²) in [6.07, 6.45) is -3.80. The summed E-state index contributed by atoms with van der Waals surface area (Å²) in [4.78, 5) is 17.5. The Balaban J connectivity index is 2.02. The van der Waals surface area contributed by atoms with Crippen LogP contribution in [-0.4, -0.2) is 17.7 Å². The second kappa shape index (κ2) is 8.15. The molecule has 0 radical (unpaired) electrons. The summed E-state index contributed by atoms with van der Waals surface area (Å²) in [6.45, 7) is 6.95. The summed E-state index contributed by atoms with van der Waals surface area (Å²) in [5, 5.41) is 0.135. The Bertz CT molecular complexity index is 1040. The molecule has 166 valence electrons. The number of hydrogen-bond donors (Lipinski definition) is 1. The highest BCUT2D eigenvalue weighted by atomic mass is 79.9. The van der Waals surface area contributed by atoms with Gasteiger partial charge in [0.25, 0.3) is 0 Å². The van der Waals surface area contributed by atoms with Gasteiger partial charge in [-0.1, -0.05) is 33.6 Å². The number of hydrogen-bond acceptors (Lipinski definition) is 4. The number of hydroxylamine groups is 1. The molecule has 4 nitrogen and oxygen atoms in total. The molecule has 0 spiro atoms. The van der Waals surface area contributed by atoms with E-state index in [-0.39, 0.29) is 16.3 Å². The molecule has 0 saturated carbocycles. The molecule has 0 bridgehead atoms. The zero-order valence-electron chi connectivity index (χ0n) is 17.2. The van der Waals surface area contributed by atoms with Crippen LogP contribution in [0, 0.1) is 6.92 Å². The van der Waals surface area contributed by atoms with Crippen LogP contribution in [0.15, 0.2) is 46.9 Å². The van der Waals surface area contributed by atoms with E-state index in [1.807, 2.05) is 0 Å². The van der Waals surface area contributed by atoms with Gasteiger partial charge in [0.1, 0.15) is 5.60 Å². The first kappa shape index (κ1) is 23.6. The number of halogens is 5. The fraction of sp³-hybridized carbons (Fsp3) is 0.318. The van der Waals surface area contributed by atoms with E-state index in [4.69, 9.17) is 21.2 Å². The number of rotatable bonds is 3. The standard InChI is InChI=1S/C22H20BrClF3NO3/c1-12-7-13(5-6-17(12)19(29)30-20(2,3)4)18-11-21(31-28-18,22(25,26)27)14-8-15(23)10-16(24)9-14/h5-11,28H,1-4H3. The van der Waals surface area contributed by atoms with Crippen molar-refractivity contribution in [1.82, 2.24) is 5.48 Å². The summed E-state index contributed by atoms with van der Waals surface area (Å²) in [5.41, 5.74) is 0.257. The Morgan fingerprint density at radius 3 is 2.39 bits per heavy atom. The molecular weight excluding hydrogens is 499 g/mol. The predicted molar refractivity (Wildman–Crippen MR) is 115 cm³/mol. The molecule has 1 N–H and O–H groups in total. The number of alkyl halides is 3. The average molecular weight is 519 g/mol. The van der Waals surface area contributed by atoms with E-state index in [0.29, 0.717) is 21.2 Å². The van der Waals surface area contributed by atoms with Crippen LogP contribution < -0.4 is 5.48 Å². The number of ether oxygens (including phenoxy) is 1. The van der Waals surface area contributed by atoms with Gasteiger partial charge in [0.15, 0.2) is 0 Å². The van der Waals surface area contributed by atoms with Crippen molar-refractivity contribution >= 4 is 39.2 Å². The Hall–Kier alpha value is -2.03. The fourth-order valence-electron chi connectivity index (χ4n) is 3.15. The molecular formula is C22H20BrClF3NO3. The maximum absolute atomic E-state index is 14.1. The molecule has 1 unspecified atom stereocenters. The van der Waals surface area contributed by atoms with Crippen molar-refractivity contribution in [3.8, 4) is 0 Å². The molecule has 9 heteroatoms. The molecule has 0 aliphatic carbocycles. The molecule has 0 saturated heterocycles. The highest BCUT2D eigenvalue weighted by Gasteiger charge is 2.59. The third-order valence-electron chi connectivity index (χ3n) is 4.54. The highest BCUT2D eigenvalue weighted by molar-refractivity contribution is 9.10. The Morgan fingerprint density at radius 1 is 1.16 bits per heavy atom. The van der Waals surface area contributed by atoms with E-state index in [2.05, 4.69) is 21.4 Å². The minimum atomic E-state index is -4.77. The number of carbonyl (C=O) groups excluding carboxylic acids is 1. The number of esters is 1. The highest BCUT2D eigenvalue weighted by Crippen LogP contribution is 2.48. The smallest absolute Gasteiger partial charge is 0.428 e. The number of nitrogens with one attached hydrogen (secondary N) is 1. The first-order valence-corrected chi connectivity index (χ1v) is 10.4. The second-order valence-electron chi connectivity index (χ2n) is 8.19. The number of carbonyl (C=O) groups is 1. The van der Waals surface area contributed by atoms with Gasteiger partial charge in [0.05, 0.1) is 11.3 Å². The lowest BCUT2D eigenvalue weighted by molar-refractivity contribution is -0.269. The summed E-state index contributed by atoms with van der Waals surface area (Å²) in [5.74, 6) is -0.505. The summed E-state index contributed by atoms with van der Waals surface area (Å²) in [7, 11) is 0.